The van der Waals surface area contributed by atoms with Crippen LogP contribution in [0.25, 0.3) is 0 Å². The summed E-state index contributed by atoms with van der Waals surface area (Å²) in [6.07, 6.45) is 5.89. The Kier molecular flexibility index (Phi) is 3.89. The number of nitrogens with zero attached hydrogens (tertiary/aromatic N) is 1. The van der Waals surface area contributed by atoms with Crippen molar-refractivity contribution in [3.05, 3.63) is 29.3 Å². The van der Waals surface area contributed by atoms with Crippen molar-refractivity contribution in [1.82, 2.24) is 10.2 Å². The fourth-order valence-corrected chi connectivity index (χ4v) is 3.61. The molecule has 0 aromatic heterocycles. The summed E-state index contributed by atoms with van der Waals surface area (Å²) in [5.74, 6) is 0.0535. The van der Waals surface area contributed by atoms with Gasteiger partial charge in [0.2, 0.25) is 0 Å². The fourth-order valence-electron chi connectivity index (χ4n) is 3.61. The van der Waals surface area contributed by atoms with Crippen LogP contribution in [-0.4, -0.2) is 43.5 Å². The molecule has 1 heterocycles. The molecule has 114 valence electrons. The van der Waals surface area contributed by atoms with Gasteiger partial charge in [0.1, 0.15) is 0 Å². The minimum absolute atomic E-state index is 0.0535. The predicted molar refractivity (Wildman–Crippen MR) is 85.9 cm³/mol. The number of benzene rings is 1. The quantitative estimate of drug-likeness (QED) is 0.893. The molecule has 0 radical (unpaired) electrons. The number of amides is 1. The number of likely N-dealkylation sites (N-methyl/N-ethyl adjacent to an activating group) is 1. The number of carbonyl (C=O) groups is 1. The monoisotopic (exact) mass is 287 g/mol. The van der Waals surface area contributed by atoms with Crippen LogP contribution in [0.4, 0.5) is 5.69 Å². The highest BCUT2D eigenvalue weighted by atomic mass is 16.1. The van der Waals surface area contributed by atoms with Gasteiger partial charge < -0.3 is 15.5 Å². The van der Waals surface area contributed by atoms with E-state index in [1.807, 2.05) is 18.2 Å². The Labute approximate surface area is 126 Å². The second-order valence-electron chi connectivity index (χ2n) is 6.56. The van der Waals surface area contributed by atoms with Crippen molar-refractivity contribution in [3.8, 4) is 0 Å². The number of fused-ring (bicyclic) bond motifs is 1. The maximum atomic E-state index is 12.4. The highest BCUT2D eigenvalue weighted by Gasteiger charge is 2.36. The SMILES string of the molecule is CN(C)C1(CNC(=O)c2ccc3c(c2)CCN3)CCCC1. The number of rotatable bonds is 4. The lowest BCUT2D eigenvalue weighted by Gasteiger charge is -2.36. The lowest BCUT2D eigenvalue weighted by Crippen LogP contribution is -2.50. The van der Waals surface area contributed by atoms with Crippen molar-refractivity contribution >= 4 is 11.6 Å². The topological polar surface area (TPSA) is 44.4 Å². The van der Waals surface area contributed by atoms with E-state index in [1.54, 1.807) is 0 Å². The number of nitrogens with one attached hydrogen (secondary N) is 2. The summed E-state index contributed by atoms with van der Waals surface area (Å²) in [7, 11) is 4.25. The first-order valence-electron chi connectivity index (χ1n) is 7.93. The summed E-state index contributed by atoms with van der Waals surface area (Å²) in [6, 6.07) is 5.97. The summed E-state index contributed by atoms with van der Waals surface area (Å²) in [6.45, 7) is 1.72. The number of carbonyl (C=O) groups excluding carboxylic acids is 1. The van der Waals surface area contributed by atoms with Gasteiger partial charge in [-0.3, -0.25) is 4.79 Å². The predicted octanol–water partition coefficient (Wildman–Crippen LogP) is 2.26. The molecule has 4 heteroatoms. The van der Waals surface area contributed by atoms with Gasteiger partial charge in [-0.25, -0.2) is 0 Å². The molecule has 0 atom stereocenters. The van der Waals surface area contributed by atoms with Crippen LogP contribution in [0.15, 0.2) is 18.2 Å². The Balaban J connectivity index is 1.66. The van der Waals surface area contributed by atoms with E-state index in [9.17, 15) is 4.79 Å². The van der Waals surface area contributed by atoms with Gasteiger partial charge >= 0.3 is 0 Å². The zero-order valence-corrected chi connectivity index (χ0v) is 13.0. The van der Waals surface area contributed by atoms with E-state index in [0.717, 1.165) is 25.1 Å². The molecule has 3 rings (SSSR count). The maximum Gasteiger partial charge on any atom is 0.251 e. The third-order valence-electron chi connectivity index (χ3n) is 5.14. The van der Waals surface area contributed by atoms with E-state index in [-0.39, 0.29) is 11.4 Å². The zero-order valence-electron chi connectivity index (χ0n) is 13.0. The second kappa shape index (κ2) is 5.68. The van der Waals surface area contributed by atoms with E-state index in [4.69, 9.17) is 0 Å². The molecule has 2 aliphatic rings. The Morgan fingerprint density at radius 3 is 2.81 bits per heavy atom. The first kappa shape index (κ1) is 14.4. The average Bonchev–Trinajstić information content (AvgIpc) is 3.13. The molecule has 1 saturated carbocycles. The van der Waals surface area contributed by atoms with Crippen molar-refractivity contribution in [2.24, 2.45) is 0 Å². The summed E-state index contributed by atoms with van der Waals surface area (Å²) in [5.41, 5.74) is 3.36. The Bertz CT molecular complexity index is 533. The van der Waals surface area contributed by atoms with Crippen LogP contribution in [0.2, 0.25) is 0 Å². The van der Waals surface area contributed by atoms with Crippen LogP contribution in [0.1, 0.15) is 41.6 Å². The molecule has 2 N–H and O–H groups in total. The minimum Gasteiger partial charge on any atom is -0.384 e. The normalized spacial score (nSPS) is 19.4. The number of anilines is 1. The molecular weight excluding hydrogens is 262 g/mol. The standard InChI is InChI=1S/C17H25N3O/c1-20(2)17(8-3-4-9-17)12-19-16(21)14-5-6-15-13(11-14)7-10-18-15/h5-6,11,18H,3-4,7-10,12H2,1-2H3,(H,19,21). The fraction of sp³-hybridized carbons (Fsp3) is 0.588. The molecule has 1 aromatic rings. The van der Waals surface area contributed by atoms with E-state index in [1.165, 1.54) is 36.9 Å². The number of hydrogen-bond donors (Lipinski definition) is 2. The molecule has 0 unspecified atom stereocenters. The van der Waals surface area contributed by atoms with Gasteiger partial charge in [-0.15, -0.1) is 0 Å². The Morgan fingerprint density at radius 1 is 1.33 bits per heavy atom. The van der Waals surface area contributed by atoms with Crippen LogP contribution in [0.5, 0.6) is 0 Å². The molecular formula is C17H25N3O. The van der Waals surface area contributed by atoms with Crippen molar-refractivity contribution in [2.75, 3.05) is 32.5 Å². The van der Waals surface area contributed by atoms with Gasteiger partial charge in [0, 0.05) is 29.9 Å². The summed E-state index contributed by atoms with van der Waals surface area (Å²) in [5, 5.41) is 6.48. The van der Waals surface area contributed by atoms with Crippen molar-refractivity contribution < 1.29 is 4.79 Å². The molecule has 0 spiro atoms. The minimum atomic E-state index is 0.0535. The van der Waals surface area contributed by atoms with E-state index in [2.05, 4.69) is 29.6 Å². The summed E-state index contributed by atoms with van der Waals surface area (Å²) < 4.78 is 0. The van der Waals surface area contributed by atoms with Crippen molar-refractivity contribution in [3.63, 3.8) is 0 Å². The molecule has 0 bridgehead atoms. The lowest BCUT2D eigenvalue weighted by atomic mass is 9.96. The van der Waals surface area contributed by atoms with E-state index >= 15 is 0 Å². The van der Waals surface area contributed by atoms with Crippen LogP contribution >= 0.6 is 0 Å². The van der Waals surface area contributed by atoms with Crippen LogP contribution in [0.3, 0.4) is 0 Å². The Hall–Kier alpha value is -1.55. The zero-order chi connectivity index (χ0) is 14.9. The van der Waals surface area contributed by atoms with Gasteiger partial charge in [0.25, 0.3) is 5.91 Å². The summed E-state index contributed by atoms with van der Waals surface area (Å²) >= 11 is 0. The highest BCUT2D eigenvalue weighted by molar-refractivity contribution is 5.95. The largest absolute Gasteiger partial charge is 0.384 e. The van der Waals surface area contributed by atoms with Gasteiger partial charge in [-0.1, -0.05) is 12.8 Å². The number of hydrogen-bond acceptors (Lipinski definition) is 3. The first-order chi connectivity index (χ1) is 10.1. The second-order valence-corrected chi connectivity index (χ2v) is 6.56. The van der Waals surface area contributed by atoms with E-state index in [0.29, 0.717) is 0 Å². The third kappa shape index (κ3) is 2.77. The molecule has 1 amide bonds. The van der Waals surface area contributed by atoms with Gasteiger partial charge in [-0.05, 0) is 57.1 Å². The first-order valence-corrected chi connectivity index (χ1v) is 7.93. The average molecular weight is 287 g/mol. The third-order valence-corrected chi connectivity index (χ3v) is 5.14. The Morgan fingerprint density at radius 2 is 2.10 bits per heavy atom. The molecule has 1 aromatic carbocycles. The van der Waals surface area contributed by atoms with Gasteiger partial charge in [0.15, 0.2) is 0 Å². The van der Waals surface area contributed by atoms with Crippen LogP contribution < -0.4 is 10.6 Å². The molecule has 1 aliphatic carbocycles. The smallest absolute Gasteiger partial charge is 0.251 e. The van der Waals surface area contributed by atoms with Crippen molar-refractivity contribution in [2.45, 2.75) is 37.6 Å². The van der Waals surface area contributed by atoms with Gasteiger partial charge in [-0.2, -0.15) is 0 Å². The molecule has 4 nitrogen and oxygen atoms in total. The lowest BCUT2D eigenvalue weighted by molar-refractivity contribution is 0.0900. The molecule has 1 aliphatic heterocycles. The highest BCUT2D eigenvalue weighted by Crippen LogP contribution is 2.33. The molecule has 0 saturated heterocycles. The molecule has 21 heavy (non-hydrogen) atoms. The molecule has 1 fully saturated rings. The van der Waals surface area contributed by atoms with Crippen molar-refractivity contribution in [1.29, 1.82) is 0 Å². The maximum absolute atomic E-state index is 12.4. The van der Waals surface area contributed by atoms with E-state index < -0.39 is 0 Å². The van der Waals surface area contributed by atoms with Crippen LogP contribution in [0, 0.1) is 0 Å². The summed E-state index contributed by atoms with van der Waals surface area (Å²) in [4.78, 5) is 14.7. The van der Waals surface area contributed by atoms with Crippen LogP contribution in [-0.2, 0) is 6.42 Å². The van der Waals surface area contributed by atoms with Gasteiger partial charge in [0.05, 0.1) is 0 Å².